The van der Waals surface area contributed by atoms with Crippen LogP contribution < -0.4 is 20.5 Å². The van der Waals surface area contributed by atoms with E-state index in [0.717, 1.165) is 5.56 Å². The number of carbonyl (C=O) groups excluding carboxylic acids is 1. The van der Waals surface area contributed by atoms with Gasteiger partial charge in [0.15, 0.2) is 0 Å². The van der Waals surface area contributed by atoms with Gasteiger partial charge in [0.1, 0.15) is 18.1 Å². The SMILES string of the molecule is COc1ccc(OC2O[C@H](C)[C@H](NC(=O)OCc3ccccc3)[C@H](O)[C@H]2N)cc1. The van der Waals surface area contributed by atoms with Crippen LogP contribution in [0.3, 0.4) is 0 Å². The van der Waals surface area contributed by atoms with E-state index in [1.165, 1.54) is 0 Å². The van der Waals surface area contributed by atoms with Gasteiger partial charge in [0.2, 0.25) is 6.29 Å². The Hall–Kier alpha value is -2.81. The number of alkyl carbamates (subject to hydrolysis) is 1. The predicted molar refractivity (Wildman–Crippen MR) is 105 cm³/mol. The van der Waals surface area contributed by atoms with Crippen LogP contribution in [0.5, 0.6) is 11.5 Å². The average molecular weight is 402 g/mol. The molecule has 3 rings (SSSR count). The fraction of sp³-hybridized carbons (Fsp3) is 0.381. The van der Waals surface area contributed by atoms with E-state index in [2.05, 4.69) is 5.32 Å². The summed E-state index contributed by atoms with van der Waals surface area (Å²) in [5, 5.41) is 13.2. The maximum Gasteiger partial charge on any atom is 0.407 e. The summed E-state index contributed by atoms with van der Waals surface area (Å²) in [7, 11) is 1.58. The van der Waals surface area contributed by atoms with E-state index in [-0.39, 0.29) is 6.61 Å². The van der Waals surface area contributed by atoms with E-state index < -0.39 is 36.7 Å². The lowest BCUT2D eigenvalue weighted by atomic mass is 9.96. The molecule has 156 valence electrons. The summed E-state index contributed by atoms with van der Waals surface area (Å²) < 4.78 is 21.9. The second-order valence-electron chi connectivity index (χ2n) is 6.80. The number of aliphatic hydroxyl groups is 1. The zero-order valence-electron chi connectivity index (χ0n) is 16.4. The summed E-state index contributed by atoms with van der Waals surface area (Å²) in [5.41, 5.74) is 6.96. The van der Waals surface area contributed by atoms with Gasteiger partial charge in [-0.25, -0.2) is 4.79 Å². The molecule has 0 aliphatic carbocycles. The van der Waals surface area contributed by atoms with Crippen LogP contribution in [0, 0.1) is 0 Å². The Kier molecular flexibility index (Phi) is 6.92. The molecule has 1 fully saturated rings. The first-order chi connectivity index (χ1) is 14.0. The average Bonchev–Trinajstić information content (AvgIpc) is 2.74. The second-order valence-corrected chi connectivity index (χ2v) is 6.80. The quantitative estimate of drug-likeness (QED) is 0.675. The molecular formula is C21H26N2O6. The molecular weight excluding hydrogens is 376 g/mol. The summed E-state index contributed by atoms with van der Waals surface area (Å²) in [6.45, 7) is 1.85. The summed E-state index contributed by atoms with van der Waals surface area (Å²) in [4.78, 5) is 12.1. The van der Waals surface area contributed by atoms with Gasteiger partial charge in [-0.05, 0) is 36.8 Å². The normalized spacial score (nSPS) is 26.4. The molecule has 0 saturated carbocycles. The lowest BCUT2D eigenvalue weighted by Crippen LogP contribution is -2.66. The fourth-order valence-corrected chi connectivity index (χ4v) is 3.06. The molecule has 8 heteroatoms. The first kappa shape index (κ1) is 20.9. The number of hydrogen-bond donors (Lipinski definition) is 3. The van der Waals surface area contributed by atoms with Crippen LogP contribution in [0.2, 0.25) is 0 Å². The van der Waals surface area contributed by atoms with Crippen LogP contribution in [-0.2, 0) is 16.1 Å². The number of amides is 1. The van der Waals surface area contributed by atoms with Crippen LogP contribution in [0.25, 0.3) is 0 Å². The highest BCUT2D eigenvalue weighted by Gasteiger charge is 2.43. The number of benzene rings is 2. The van der Waals surface area contributed by atoms with Crippen LogP contribution in [-0.4, -0.2) is 48.9 Å². The lowest BCUT2D eigenvalue weighted by molar-refractivity contribution is -0.194. The van der Waals surface area contributed by atoms with Crippen molar-refractivity contribution in [1.82, 2.24) is 5.32 Å². The number of nitrogens with two attached hydrogens (primary N) is 1. The Morgan fingerprint density at radius 1 is 1.14 bits per heavy atom. The largest absolute Gasteiger partial charge is 0.497 e. The van der Waals surface area contributed by atoms with E-state index in [4.69, 9.17) is 24.7 Å². The molecule has 1 aliphatic heterocycles. The number of nitrogens with one attached hydrogen (secondary N) is 1. The highest BCUT2D eigenvalue weighted by atomic mass is 16.7. The third kappa shape index (κ3) is 5.38. The number of ether oxygens (including phenoxy) is 4. The van der Waals surface area contributed by atoms with Crippen LogP contribution in [0.1, 0.15) is 12.5 Å². The minimum atomic E-state index is -1.08. The van der Waals surface area contributed by atoms with Crippen LogP contribution in [0.15, 0.2) is 54.6 Å². The predicted octanol–water partition coefficient (Wildman–Crippen LogP) is 1.80. The van der Waals surface area contributed by atoms with E-state index in [0.29, 0.717) is 11.5 Å². The van der Waals surface area contributed by atoms with E-state index in [1.807, 2.05) is 30.3 Å². The minimum absolute atomic E-state index is 0.125. The third-order valence-corrected chi connectivity index (χ3v) is 4.74. The summed E-state index contributed by atoms with van der Waals surface area (Å²) in [5.74, 6) is 1.22. The van der Waals surface area contributed by atoms with Crippen molar-refractivity contribution in [3.8, 4) is 11.5 Å². The molecule has 1 aliphatic rings. The molecule has 2 aromatic rings. The molecule has 29 heavy (non-hydrogen) atoms. The molecule has 0 aromatic heterocycles. The van der Waals surface area contributed by atoms with Gasteiger partial charge in [-0.15, -0.1) is 0 Å². The van der Waals surface area contributed by atoms with Gasteiger partial charge in [0, 0.05) is 0 Å². The van der Waals surface area contributed by atoms with Crippen molar-refractivity contribution in [3.63, 3.8) is 0 Å². The number of aliphatic hydroxyl groups excluding tert-OH is 1. The molecule has 8 nitrogen and oxygen atoms in total. The van der Waals surface area contributed by atoms with Crippen LogP contribution >= 0.6 is 0 Å². The van der Waals surface area contributed by atoms with Gasteiger partial charge >= 0.3 is 6.09 Å². The molecule has 1 unspecified atom stereocenters. The van der Waals surface area contributed by atoms with E-state index in [1.54, 1.807) is 38.3 Å². The third-order valence-electron chi connectivity index (χ3n) is 4.74. The Morgan fingerprint density at radius 2 is 1.79 bits per heavy atom. The highest BCUT2D eigenvalue weighted by molar-refractivity contribution is 5.67. The monoisotopic (exact) mass is 402 g/mol. The number of methoxy groups -OCH3 is 1. The van der Waals surface area contributed by atoms with Gasteiger partial charge in [0.25, 0.3) is 0 Å². The van der Waals surface area contributed by atoms with Crippen molar-refractivity contribution >= 4 is 6.09 Å². The van der Waals surface area contributed by atoms with E-state index in [9.17, 15) is 9.90 Å². The molecule has 0 spiro atoms. The zero-order valence-corrected chi connectivity index (χ0v) is 16.4. The number of rotatable bonds is 6. The lowest BCUT2D eigenvalue weighted by Gasteiger charge is -2.42. The van der Waals surface area contributed by atoms with Gasteiger partial charge in [-0.1, -0.05) is 30.3 Å². The van der Waals surface area contributed by atoms with E-state index >= 15 is 0 Å². The molecule has 0 radical (unpaired) electrons. The van der Waals surface area contributed by atoms with Gasteiger partial charge in [-0.3, -0.25) is 0 Å². The zero-order chi connectivity index (χ0) is 20.8. The molecule has 1 amide bonds. The molecule has 0 bridgehead atoms. The summed E-state index contributed by atoms with van der Waals surface area (Å²) in [6.07, 6.45) is -3.15. The Bertz CT molecular complexity index is 786. The summed E-state index contributed by atoms with van der Waals surface area (Å²) >= 11 is 0. The van der Waals surface area contributed by atoms with Crippen molar-refractivity contribution in [2.24, 2.45) is 5.73 Å². The summed E-state index contributed by atoms with van der Waals surface area (Å²) in [6, 6.07) is 14.6. The standard InChI is InChI=1S/C21H26N2O6/c1-13-18(23-21(25)27-12-14-6-4-3-5-7-14)19(24)17(22)20(28-13)29-16-10-8-15(26-2)9-11-16/h3-11,13,17-20,24H,12,22H2,1-2H3,(H,23,25)/t13-,17-,18+,19-,20?/m1/s1. The molecule has 4 N–H and O–H groups in total. The van der Waals surface area contributed by atoms with Crippen molar-refractivity contribution in [2.75, 3.05) is 7.11 Å². The molecule has 1 heterocycles. The van der Waals surface area contributed by atoms with Crippen molar-refractivity contribution in [2.45, 2.75) is 44.1 Å². The van der Waals surface area contributed by atoms with Gasteiger partial charge < -0.3 is 35.1 Å². The molecule has 1 saturated heterocycles. The highest BCUT2D eigenvalue weighted by Crippen LogP contribution is 2.24. The van der Waals surface area contributed by atoms with Crippen molar-refractivity contribution < 1.29 is 28.8 Å². The van der Waals surface area contributed by atoms with Gasteiger partial charge in [0.05, 0.1) is 31.4 Å². The van der Waals surface area contributed by atoms with Gasteiger partial charge in [-0.2, -0.15) is 0 Å². The molecule has 2 aromatic carbocycles. The first-order valence-corrected chi connectivity index (χ1v) is 9.35. The topological polar surface area (TPSA) is 112 Å². The maximum absolute atomic E-state index is 12.1. The van der Waals surface area contributed by atoms with Crippen molar-refractivity contribution in [1.29, 1.82) is 0 Å². The Labute approximate surface area is 169 Å². The molecule has 5 atom stereocenters. The fourth-order valence-electron chi connectivity index (χ4n) is 3.06. The smallest absolute Gasteiger partial charge is 0.407 e. The number of hydrogen-bond acceptors (Lipinski definition) is 7. The van der Waals surface area contributed by atoms with Crippen LogP contribution in [0.4, 0.5) is 4.79 Å². The Morgan fingerprint density at radius 3 is 2.45 bits per heavy atom. The second kappa shape index (κ2) is 9.60. The minimum Gasteiger partial charge on any atom is -0.497 e. The number of carbonyl (C=O) groups is 1. The first-order valence-electron chi connectivity index (χ1n) is 9.35. The van der Waals surface area contributed by atoms with Crippen molar-refractivity contribution in [3.05, 3.63) is 60.2 Å². The maximum atomic E-state index is 12.1. The Balaban J connectivity index is 1.55.